The first kappa shape index (κ1) is 10.6. The fraction of sp³-hybridized carbons (Fsp3) is 1.00. The van der Waals surface area contributed by atoms with Crippen LogP contribution in [0.15, 0.2) is 0 Å². The molecule has 0 saturated heterocycles. The fourth-order valence-corrected chi connectivity index (χ4v) is 10.4. The maximum Gasteiger partial charge on any atom is 0.0748 e. The lowest BCUT2D eigenvalue weighted by Crippen LogP contribution is -2.61. The van der Waals surface area contributed by atoms with Gasteiger partial charge >= 0.3 is 0 Å². The molecule has 0 aromatic carbocycles. The Morgan fingerprint density at radius 1 is 0.643 bits per heavy atom. The Kier molecular flexibility index (Phi) is 2.03. The van der Waals surface area contributed by atoms with Gasteiger partial charge in [-0.2, -0.15) is 0 Å². The summed E-state index contributed by atoms with van der Waals surface area (Å²) >= 11 is 11.8. The minimum Gasteiger partial charge on any atom is -0.0852 e. The number of hydrogen-bond acceptors (Lipinski definition) is 0. The lowest BCUT2D eigenvalue weighted by Gasteiger charge is -2.66. The predicted molar refractivity (Wildman–Crippen MR) is 71.1 cm³/mol. The zero-order valence-corrected chi connectivity index (χ0v) is 12.7. The van der Waals surface area contributed by atoms with Crippen molar-refractivity contribution >= 4 is 55.6 Å². The molecule has 0 amide bonds. The summed E-state index contributed by atoms with van der Waals surface area (Å²) in [4.78, 5) is 0. The molecule has 2 radical (unpaired) electrons. The van der Waals surface area contributed by atoms with E-state index in [1.807, 2.05) is 0 Å². The molecule has 0 heterocycles. The molecule has 4 aliphatic rings. The topological polar surface area (TPSA) is 0 Å². The van der Waals surface area contributed by atoms with Gasteiger partial charge in [-0.25, -0.2) is 0 Å². The van der Waals surface area contributed by atoms with Crippen LogP contribution < -0.4 is 0 Å². The Morgan fingerprint density at radius 3 is 1.14 bits per heavy atom. The molecule has 14 heavy (non-hydrogen) atoms. The lowest BCUT2D eigenvalue weighted by molar-refractivity contribution is 0.0990. The van der Waals surface area contributed by atoms with Crippen LogP contribution in [-0.2, 0) is 0 Å². The van der Waals surface area contributed by atoms with Crippen LogP contribution in [0.3, 0.4) is 0 Å². The summed E-state index contributed by atoms with van der Waals surface area (Å²) < 4.78 is 0.844. The Balaban J connectivity index is 2.08. The smallest absolute Gasteiger partial charge is 0.0748 e. The minimum absolute atomic E-state index is 0.0469. The zero-order valence-electron chi connectivity index (χ0n) is 7.95. The van der Waals surface area contributed by atoms with Gasteiger partial charge in [-0.15, -0.1) is 0 Å². The van der Waals surface area contributed by atoms with Crippen molar-refractivity contribution in [3.8, 4) is 0 Å². The molecule has 4 saturated carbocycles. The van der Waals surface area contributed by atoms with Gasteiger partial charge in [-0.05, 0) is 38.5 Å². The molecule has 0 aromatic rings. The molecule has 0 nitrogen and oxygen atoms in total. The quantitative estimate of drug-likeness (QED) is 0.437. The summed E-state index contributed by atoms with van der Waals surface area (Å²) in [5.74, 6) is 0. The minimum atomic E-state index is 0.0469. The molecule has 0 spiro atoms. The van der Waals surface area contributed by atoms with Crippen molar-refractivity contribution in [2.75, 3.05) is 0 Å². The third-order valence-electron chi connectivity index (χ3n) is 3.91. The first-order chi connectivity index (χ1) is 6.24. The van der Waals surface area contributed by atoms with Gasteiger partial charge < -0.3 is 0 Å². The van der Waals surface area contributed by atoms with Gasteiger partial charge in [0, 0.05) is 13.0 Å². The van der Waals surface area contributed by atoms with Crippen LogP contribution in [0.25, 0.3) is 0 Å². The largest absolute Gasteiger partial charge is 0.0852 e. The Bertz CT molecular complexity index is 208. The highest BCUT2D eigenvalue weighted by Crippen LogP contribution is 2.73. The van der Waals surface area contributed by atoms with Crippen molar-refractivity contribution in [1.82, 2.24) is 0 Å². The van der Waals surface area contributed by atoms with Gasteiger partial charge in [0.05, 0.1) is 7.85 Å². The van der Waals surface area contributed by atoms with Crippen LogP contribution in [0.1, 0.15) is 38.5 Å². The van der Waals surface area contributed by atoms with Crippen LogP contribution in [-0.4, -0.2) is 20.8 Å². The van der Waals surface area contributed by atoms with Gasteiger partial charge in [0.15, 0.2) is 0 Å². The maximum atomic E-state index is 6.49. The van der Waals surface area contributed by atoms with Crippen molar-refractivity contribution in [1.29, 1.82) is 0 Å². The Morgan fingerprint density at radius 2 is 0.929 bits per heavy atom. The molecule has 0 atom stereocenters. The average Bonchev–Trinajstić information content (AvgIpc) is 1.67. The zero-order chi connectivity index (χ0) is 10.2. The molecule has 4 bridgehead atoms. The van der Waals surface area contributed by atoms with Crippen molar-refractivity contribution < 1.29 is 0 Å². The van der Waals surface area contributed by atoms with Crippen molar-refractivity contribution in [2.24, 2.45) is 0 Å². The standard InChI is InChI=1S/C10H12BBr3/c11-7-1-8(12)4-9(13,2-7)6-10(14,3-7)5-8/h1-6H2. The number of halogens is 3. The van der Waals surface area contributed by atoms with Gasteiger partial charge in [0.25, 0.3) is 0 Å². The van der Waals surface area contributed by atoms with Crippen molar-refractivity contribution in [3.63, 3.8) is 0 Å². The fourth-order valence-electron chi connectivity index (χ4n) is 4.35. The van der Waals surface area contributed by atoms with Crippen LogP contribution >= 0.6 is 47.8 Å². The molecular formula is C10H12BBr3. The molecule has 0 aromatic heterocycles. The third kappa shape index (κ3) is 1.50. The maximum absolute atomic E-state index is 6.49. The van der Waals surface area contributed by atoms with Crippen LogP contribution in [0.4, 0.5) is 0 Å². The van der Waals surface area contributed by atoms with Gasteiger partial charge in [0.1, 0.15) is 0 Å². The Hall–Kier alpha value is 1.50. The van der Waals surface area contributed by atoms with E-state index in [-0.39, 0.29) is 18.3 Å². The van der Waals surface area contributed by atoms with Crippen molar-refractivity contribution in [3.05, 3.63) is 0 Å². The summed E-state index contributed by atoms with van der Waals surface area (Å²) in [5, 5.41) is 0.0469. The number of hydrogen-bond donors (Lipinski definition) is 0. The van der Waals surface area contributed by atoms with E-state index in [4.69, 9.17) is 7.85 Å². The van der Waals surface area contributed by atoms with Crippen LogP contribution in [0.2, 0.25) is 5.31 Å². The molecule has 4 heteroatoms. The average molecular weight is 383 g/mol. The second-order valence-electron chi connectivity index (χ2n) is 5.88. The first-order valence-corrected chi connectivity index (χ1v) is 7.48. The van der Waals surface area contributed by atoms with E-state index in [1.165, 1.54) is 19.3 Å². The summed E-state index contributed by atoms with van der Waals surface area (Å²) in [6.07, 6.45) is 7.10. The highest BCUT2D eigenvalue weighted by atomic mass is 79.9. The van der Waals surface area contributed by atoms with E-state index < -0.39 is 0 Å². The second kappa shape index (κ2) is 2.67. The molecule has 0 aliphatic heterocycles. The van der Waals surface area contributed by atoms with Crippen LogP contribution in [0.5, 0.6) is 0 Å². The van der Waals surface area contributed by atoms with E-state index in [2.05, 4.69) is 47.8 Å². The highest BCUT2D eigenvalue weighted by molar-refractivity contribution is 9.11. The SMILES string of the molecule is [B]C12CC3(Br)CC(Br)(C1)CC(Br)(C2)C3. The molecular weight excluding hydrogens is 371 g/mol. The third-order valence-corrected chi connectivity index (χ3v) is 6.43. The summed E-state index contributed by atoms with van der Waals surface area (Å²) in [6, 6.07) is 0. The summed E-state index contributed by atoms with van der Waals surface area (Å²) in [6.45, 7) is 0. The van der Waals surface area contributed by atoms with Crippen LogP contribution in [0, 0.1) is 0 Å². The van der Waals surface area contributed by atoms with E-state index in [0.717, 1.165) is 19.3 Å². The normalized spacial score (nSPS) is 65.9. The van der Waals surface area contributed by atoms with E-state index in [0.29, 0.717) is 0 Å². The van der Waals surface area contributed by atoms with E-state index >= 15 is 0 Å². The Labute approximate surface area is 112 Å². The lowest BCUT2D eigenvalue weighted by atomic mass is 9.43. The monoisotopic (exact) mass is 380 g/mol. The van der Waals surface area contributed by atoms with Crippen molar-refractivity contribution in [2.45, 2.75) is 56.8 Å². The molecule has 4 fully saturated rings. The molecule has 0 N–H and O–H groups in total. The van der Waals surface area contributed by atoms with E-state index in [1.54, 1.807) is 0 Å². The summed E-state index contributed by atoms with van der Waals surface area (Å²) in [5.41, 5.74) is 0. The molecule has 0 unspecified atom stereocenters. The number of alkyl halides is 3. The molecule has 76 valence electrons. The van der Waals surface area contributed by atoms with Gasteiger partial charge in [0.2, 0.25) is 0 Å². The number of rotatable bonds is 0. The second-order valence-corrected chi connectivity index (χ2v) is 10.9. The highest BCUT2D eigenvalue weighted by Gasteiger charge is 2.64. The predicted octanol–water partition coefficient (Wildman–Crippen LogP) is 4.10. The molecule has 4 aliphatic carbocycles. The van der Waals surface area contributed by atoms with Gasteiger partial charge in [-0.3, -0.25) is 0 Å². The van der Waals surface area contributed by atoms with E-state index in [9.17, 15) is 0 Å². The first-order valence-electron chi connectivity index (χ1n) is 5.10. The summed E-state index contributed by atoms with van der Waals surface area (Å²) in [7, 11) is 6.49. The van der Waals surface area contributed by atoms with Gasteiger partial charge in [-0.1, -0.05) is 53.1 Å². The molecule has 4 rings (SSSR count).